The van der Waals surface area contributed by atoms with Crippen LogP contribution in [0.15, 0.2) is 57.5 Å². The van der Waals surface area contributed by atoms with Crippen molar-refractivity contribution in [1.29, 1.82) is 0 Å². The fourth-order valence-corrected chi connectivity index (χ4v) is 5.34. The van der Waals surface area contributed by atoms with Crippen LogP contribution >= 0.6 is 11.3 Å². The topological polar surface area (TPSA) is 97.6 Å². The van der Waals surface area contributed by atoms with Gasteiger partial charge in [-0.05, 0) is 44.2 Å². The Labute approximate surface area is 217 Å². The zero-order valence-corrected chi connectivity index (χ0v) is 22.3. The lowest BCUT2D eigenvalue weighted by atomic mass is 9.94. The van der Waals surface area contributed by atoms with Crippen LogP contribution in [0.2, 0.25) is 0 Å². The maximum atomic E-state index is 13.9. The molecule has 1 aliphatic heterocycles. The van der Waals surface area contributed by atoms with Crippen molar-refractivity contribution in [1.82, 2.24) is 4.57 Å². The molecular formula is C27H28N2O7S. The molecule has 0 saturated carbocycles. The van der Waals surface area contributed by atoms with Gasteiger partial charge in [0, 0.05) is 11.1 Å². The molecule has 0 amide bonds. The number of esters is 1. The summed E-state index contributed by atoms with van der Waals surface area (Å²) in [5.74, 6) is 1.54. The minimum atomic E-state index is -0.838. The smallest absolute Gasteiger partial charge is 0.338 e. The van der Waals surface area contributed by atoms with E-state index in [2.05, 4.69) is 4.99 Å². The summed E-state index contributed by atoms with van der Waals surface area (Å²) in [5, 5.41) is 0. The molecule has 0 fully saturated rings. The standard InChI is InChI=1S/C27H28N2O7S/c1-7-36-26(31)22-15(2)28-27-29(23(22)18-14-17(32-3)11-12-19(18)33-4)25(30)21(37-27)13-16-9-8-10-20(34-5)24(16)35-6/h8-14,23H,7H2,1-6H3/b21-13-/t23-/m0/s1. The predicted octanol–water partition coefficient (Wildman–Crippen LogP) is 2.83. The molecule has 0 N–H and O–H groups in total. The minimum absolute atomic E-state index is 0.178. The molecule has 0 bridgehead atoms. The van der Waals surface area contributed by atoms with Crippen LogP contribution in [-0.2, 0) is 9.53 Å². The lowest BCUT2D eigenvalue weighted by Crippen LogP contribution is -2.40. The molecule has 37 heavy (non-hydrogen) atoms. The third-order valence-corrected chi connectivity index (χ3v) is 6.95. The third kappa shape index (κ3) is 4.72. The van der Waals surface area contributed by atoms with Crippen LogP contribution < -0.4 is 33.8 Å². The summed E-state index contributed by atoms with van der Waals surface area (Å²) in [7, 11) is 6.17. The molecule has 1 aromatic heterocycles. The Hall–Kier alpha value is -4.05. The van der Waals surface area contributed by atoms with Crippen LogP contribution in [0, 0.1) is 0 Å². The quantitative estimate of drug-likeness (QED) is 0.418. The SMILES string of the molecule is CCOC(=O)C1=C(C)N=c2s/c(=C\c3cccc(OC)c3OC)c(=O)n2[C@H]1c1cc(OC)ccc1OC. The van der Waals surface area contributed by atoms with Gasteiger partial charge in [-0.15, -0.1) is 0 Å². The van der Waals surface area contributed by atoms with E-state index in [-0.39, 0.29) is 17.7 Å². The van der Waals surface area contributed by atoms with Crippen molar-refractivity contribution in [3.05, 3.63) is 78.5 Å². The first-order valence-corrected chi connectivity index (χ1v) is 12.3. The molecule has 0 aliphatic carbocycles. The molecule has 1 aliphatic rings. The van der Waals surface area contributed by atoms with Gasteiger partial charge in [0.2, 0.25) is 0 Å². The third-order valence-electron chi connectivity index (χ3n) is 5.97. The molecule has 194 valence electrons. The summed E-state index contributed by atoms with van der Waals surface area (Å²) >= 11 is 1.22. The molecule has 0 spiro atoms. The van der Waals surface area contributed by atoms with E-state index in [0.717, 1.165) is 0 Å². The van der Waals surface area contributed by atoms with Crippen LogP contribution in [-0.4, -0.2) is 45.6 Å². The second-order valence-electron chi connectivity index (χ2n) is 7.99. The number of nitrogens with zero attached hydrogens (tertiary/aromatic N) is 2. The second-order valence-corrected chi connectivity index (χ2v) is 9.00. The highest BCUT2D eigenvalue weighted by Crippen LogP contribution is 2.38. The number of methoxy groups -OCH3 is 4. The number of ether oxygens (including phenoxy) is 5. The Morgan fingerprint density at radius 2 is 1.81 bits per heavy atom. The predicted molar refractivity (Wildman–Crippen MR) is 139 cm³/mol. The van der Waals surface area contributed by atoms with Gasteiger partial charge in [0.15, 0.2) is 16.3 Å². The number of rotatable bonds is 8. The highest BCUT2D eigenvalue weighted by atomic mass is 32.1. The zero-order chi connectivity index (χ0) is 26.7. The van der Waals surface area contributed by atoms with Gasteiger partial charge >= 0.3 is 5.97 Å². The van der Waals surface area contributed by atoms with Crippen molar-refractivity contribution in [2.45, 2.75) is 19.9 Å². The first-order valence-electron chi connectivity index (χ1n) is 11.5. The van der Waals surface area contributed by atoms with Crippen LogP contribution in [0.1, 0.15) is 31.0 Å². The van der Waals surface area contributed by atoms with Crippen LogP contribution in [0.4, 0.5) is 0 Å². The van der Waals surface area contributed by atoms with Crippen molar-refractivity contribution in [3.63, 3.8) is 0 Å². The number of aromatic nitrogens is 1. The molecule has 2 heterocycles. The maximum absolute atomic E-state index is 13.9. The summed E-state index contributed by atoms with van der Waals surface area (Å²) in [6.07, 6.45) is 1.73. The number of fused-ring (bicyclic) bond motifs is 1. The van der Waals surface area contributed by atoms with Crippen LogP contribution in [0.3, 0.4) is 0 Å². The molecule has 4 rings (SSSR count). The van der Waals surface area contributed by atoms with Gasteiger partial charge < -0.3 is 23.7 Å². The average molecular weight is 525 g/mol. The van der Waals surface area contributed by atoms with Crippen molar-refractivity contribution >= 4 is 23.4 Å². The Kier molecular flexibility index (Phi) is 7.68. The summed E-state index contributed by atoms with van der Waals surface area (Å²) < 4.78 is 29.3. The van der Waals surface area contributed by atoms with E-state index in [4.69, 9.17) is 23.7 Å². The summed E-state index contributed by atoms with van der Waals surface area (Å²) in [5.41, 5.74) is 1.64. The Morgan fingerprint density at radius 1 is 1.05 bits per heavy atom. The number of para-hydroxylation sites is 1. The van der Waals surface area contributed by atoms with Crippen molar-refractivity contribution in [2.75, 3.05) is 35.0 Å². The molecule has 10 heteroatoms. The maximum Gasteiger partial charge on any atom is 0.338 e. The van der Waals surface area contributed by atoms with Gasteiger partial charge in [-0.1, -0.05) is 23.5 Å². The summed E-state index contributed by atoms with van der Waals surface area (Å²) in [6, 6.07) is 9.83. The molecule has 0 unspecified atom stereocenters. The average Bonchev–Trinajstić information content (AvgIpc) is 3.21. The van der Waals surface area contributed by atoms with Crippen molar-refractivity contribution in [2.24, 2.45) is 4.99 Å². The highest BCUT2D eigenvalue weighted by molar-refractivity contribution is 7.07. The number of hydrogen-bond acceptors (Lipinski definition) is 9. The van der Waals surface area contributed by atoms with Gasteiger partial charge in [0.25, 0.3) is 5.56 Å². The van der Waals surface area contributed by atoms with Crippen molar-refractivity contribution in [3.8, 4) is 23.0 Å². The Balaban J connectivity index is 2.03. The molecule has 9 nitrogen and oxygen atoms in total. The van der Waals surface area contributed by atoms with Gasteiger partial charge in [0.05, 0.1) is 50.8 Å². The first kappa shape index (κ1) is 26.0. The molecule has 0 saturated heterocycles. The van der Waals surface area contributed by atoms with Crippen LogP contribution in [0.25, 0.3) is 6.08 Å². The summed E-state index contributed by atoms with van der Waals surface area (Å²) in [6.45, 7) is 3.64. The fourth-order valence-electron chi connectivity index (χ4n) is 4.31. The summed E-state index contributed by atoms with van der Waals surface area (Å²) in [4.78, 5) is 32.1. The number of hydrogen-bond donors (Lipinski definition) is 0. The molecule has 3 aromatic rings. The normalized spacial score (nSPS) is 15.1. The van der Waals surface area contributed by atoms with E-state index >= 15 is 0 Å². The number of allylic oxidation sites excluding steroid dienone is 1. The largest absolute Gasteiger partial charge is 0.497 e. The monoisotopic (exact) mass is 524 g/mol. The van der Waals surface area contributed by atoms with Gasteiger partial charge in [-0.25, -0.2) is 9.79 Å². The van der Waals surface area contributed by atoms with E-state index in [1.807, 2.05) is 12.1 Å². The van der Waals surface area contributed by atoms with Crippen LogP contribution in [0.5, 0.6) is 23.0 Å². The lowest BCUT2D eigenvalue weighted by molar-refractivity contribution is -0.139. The Morgan fingerprint density at radius 3 is 2.46 bits per heavy atom. The molecule has 2 aromatic carbocycles. The molecular weight excluding hydrogens is 496 g/mol. The van der Waals surface area contributed by atoms with E-state index < -0.39 is 12.0 Å². The first-order chi connectivity index (χ1) is 17.9. The van der Waals surface area contributed by atoms with Gasteiger partial charge in [-0.3, -0.25) is 9.36 Å². The van der Waals surface area contributed by atoms with E-state index in [1.165, 1.54) is 23.0 Å². The second kappa shape index (κ2) is 10.9. The zero-order valence-electron chi connectivity index (χ0n) is 21.5. The highest BCUT2D eigenvalue weighted by Gasteiger charge is 2.35. The Bertz CT molecular complexity index is 1550. The van der Waals surface area contributed by atoms with E-state index in [9.17, 15) is 9.59 Å². The van der Waals surface area contributed by atoms with Gasteiger partial charge in [0.1, 0.15) is 17.5 Å². The number of carbonyl (C=O) groups excluding carboxylic acids is 1. The number of thiazole rings is 1. The number of benzene rings is 2. The molecule has 1 atom stereocenters. The minimum Gasteiger partial charge on any atom is -0.497 e. The molecule has 0 radical (unpaired) electrons. The van der Waals surface area contributed by atoms with Gasteiger partial charge in [-0.2, -0.15) is 0 Å². The van der Waals surface area contributed by atoms with Crippen molar-refractivity contribution < 1.29 is 28.5 Å². The fraction of sp³-hybridized carbons (Fsp3) is 0.296. The van der Waals surface area contributed by atoms with E-state index in [0.29, 0.717) is 49.2 Å². The lowest BCUT2D eigenvalue weighted by Gasteiger charge is -2.26. The van der Waals surface area contributed by atoms with E-state index in [1.54, 1.807) is 65.5 Å². The number of carbonyl (C=O) groups is 1.